The molecule has 0 aliphatic carbocycles. The molecule has 21 heavy (non-hydrogen) atoms. The van der Waals surface area contributed by atoms with Crippen molar-refractivity contribution in [3.05, 3.63) is 32.7 Å². The standard InChI is InChI=1S/C12H16BrN5O3/c1-8-16-10(21-17-8)3-4-14-9-7-15-18(5-6-20-2)12(19)11(9)13/h7,14H,3-6H2,1-2H3. The normalized spacial score (nSPS) is 10.8. The Hall–Kier alpha value is -1.74. The second-order valence-corrected chi connectivity index (χ2v) is 5.10. The zero-order chi connectivity index (χ0) is 15.2. The molecular weight excluding hydrogens is 342 g/mol. The number of aryl methyl sites for hydroxylation is 1. The fourth-order valence-corrected chi connectivity index (χ4v) is 2.12. The third-order valence-corrected chi connectivity index (χ3v) is 3.48. The quantitative estimate of drug-likeness (QED) is 0.789. The summed E-state index contributed by atoms with van der Waals surface area (Å²) in [6.45, 7) is 3.17. The van der Waals surface area contributed by atoms with Gasteiger partial charge in [-0.15, -0.1) is 0 Å². The molecule has 114 valence electrons. The molecule has 0 unspecified atom stereocenters. The first-order valence-electron chi connectivity index (χ1n) is 6.39. The summed E-state index contributed by atoms with van der Waals surface area (Å²) in [5.74, 6) is 1.16. The Balaban J connectivity index is 1.97. The van der Waals surface area contributed by atoms with Crippen molar-refractivity contribution in [3.8, 4) is 0 Å². The van der Waals surface area contributed by atoms with Crippen LogP contribution in [0.3, 0.4) is 0 Å². The molecule has 0 atom stereocenters. The summed E-state index contributed by atoms with van der Waals surface area (Å²) in [5, 5.41) is 10.9. The number of hydrogen-bond acceptors (Lipinski definition) is 7. The highest BCUT2D eigenvalue weighted by Gasteiger charge is 2.09. The maximum atomic E-state index is 12.0. The van der Waals surface area contributed by atoms with E-state index in [4.69, 9.17) is 9.26 Å². The molecule has 2 heterocycles. The van der Waals surface area contributed by atoms with Crippen LogP contribution in [0.25, 0.3) is 0 Å². The molecule has 0 amide bonds. The zero-order valence-corrected chi connectivity index (χ0v) is 13.4. The molecule has 2 aromatic rings. The number of anilines is 1. The topological polar surface area (TPSA) is 95.1 Å². The van der Waals surface area contributed by atoms with E-state index in [1.165, 1.54) is 4.68 Å². The van der Waals surface area contributed by atoms with Gasteiger partial charge in [0.1, 0.15) is 4.47 Å². The summed E-state index contributed by atoms with van der Waals surface area (Å²) in [6.07, 6.45) is 2.17. The molecule has 0 radical (unpaired) electrons. The number of nitrogens with one attached hydrogen (secondary N) is 1. The Morgan fingerprint density at radius 1 is 1.52 bits per heavy atom. The molecule has 2 rings (SSSR count). The van der Waals surface area contributed by atoms with Gasteiger partial charge in [-0.05, 0) is 22.9 Å². The predicted molar refractivity (Wildman–Crippen MR) is 79.3 cm³/mol. The van der Waals surface area contributed by atoms with Gasteiger partial charge >= 0.3 is 0 Å². The molecule has 0 aliphatic heterocycles. The highest BCUT2D eigenvalue weighted by Crippen LogP contribution is 2.15. The maximum Gasteiger partial charge on any atom is 0.283 e. The average molecular weight is 358 g/mol. The molecule has 0 spiro atoms. The van der Waals surface area contributed by atoms with Gasteiger partial charge in [0.25, 0.3) is 5.56 Å². The SMILES string of the molecule is COCCn1ncc(NCCc2nc(C)no2)c(Br)c1=O. The first kappa shape index (κ1) is 15.6. The molecule has 0 aromatic carbocycles. The summed E-state index contributed by atoms with van der Waals surface area (Å²) in [4.78, 5) is 16.2. The second-order valence-electron chi connectivity index (χ2n) is 4.31. The number of ether oxygens (including phenoxy) is 1. The van der Waals surface area contributed by atoms with Gasteiger partial charge in [-0.1, -0.05) is 5.16 Å². The highest BCUT2D eigenvalue weighted by molar-refractivity contribution is 9.10. The molecule has 0 aliphatic rings. The van der Waals surface area contributed by atoms with Crippen molar-refractivity contribution in [2.24, 2.45) is 0 Å². The van der Waals surface area contributed by atoms with Crippen LogP contribution in [0.4, 0.5) is 5.69 Å². The van der Waals surface area contributed by atoms with E-state index < -0.39 is 0 Å². The summed E-state index contributed by atoms with van der Waals surface area (Å²) in [6, 6.07) is 0. The second kappa shape index (κ2) is 7.32. The minimum Gasteiger partial charge on any atom is -0.383 e. The highest BCUT2D eigenvalue weighted by atomic mass is 79.9. The molecule has 0 fully saturated rings. The smallest absolute Gasteiger partial charge is 0.283 e. The minimum absolute atomic E-state index is 0.203. The third-order valence-electron chi connectivity index (χ3n) is 2.72. The van der Waals surface area contributed by atoms with Gasteiger partial charge in [0.15, 0.2) is 5.82 Å². The van der Waals surface area contributed by atoms with Crippen molar-refractivity contribution in [1.82, 2.24) is 19.9 Å². The molecular formula is C12H16BrN5O3. The van der Waals surface area contributed by atoms with E-state index in [1.807, 2.05) is 0 Å². The van der Waals surface area contributed by atoms with Crippen LogP contribution < -0.4 is 10.9 Å². The Bertz CT molecular complexity index is 655. The number of nitrogens with zero attached hydrogens (tertiary/aromatic N) is 4. The summed E-state index contributed by atoms with van der Waals surface area (Å²) in [5.41, 5.74) is 0.426. The number of halogens is 1. The van der Waals surface area contributed by atoms with Crippen LogP contribution in [0.2, 0.25) is 0 Å². The maximum absolute atomic E-state index is 12.0. The van der Waals surface area contributed by atoms with Crippen LogP contribution in [0.5, 0.6) is 0 Å². The minimum atomic E-state index is -0.203. The number of hydrogen-bond donors (Lipinski definition) is 1. The Labute approximate surface area is 129 Å². The van der Waals surface area contributed by atoms with Crippen molar-refractivity contribution in [3.63, 3.8) is 0 Å². The van der Waals surface area contributed by atoms with Gasteiger partial charge in [0, 0.05) is 20.1 Å². The lowest BCUT2D eigenvalue weighted by molar-refractivity contribution is 0.181. The van der Waals surface area contributed by atoms with E-state index in [9.17, 15) is 4.79 Å². The lowest BCUT2D eigenvalue weighted by Crippen LogP contribution is -2.26. The molecule has 0 saturated carbocycles. The fraction of sp³-hybridized carbons (Fsp3) is 0.500. The Kier molecular flexibility index (Phi) is 5.45. The van der Waals surface area contributed by atoms with Gasteiger partial charge in [-0.3, -0.25) is 4.79 Å². The fourth-order valence-electron chi connectivity index (χ4n) is 1.67. The van der Waals surface area contributed by atoms with Gasteiger partial charge in [-0.2, -0.15) is 10.1 Å². The van der Waals surface area contributed by atoms with Gasteiger partial charge in [0.05, 0.1) is 25.0 Å². The van der Waals surface area contributed by atoms with E-state index in [0.717, 1.165) is 0 Å². The van der Waals surface area contributed by atoms with Crippen LogP contribution in [0, 0.1) is 6.92 Å². The average Bonchev–Trinajstić information content (AvgIpc) is 2.88. The van der Waals surface area contributed by atoms with Crippen LogP contribution in [-0.4, -0.2) is 40.2 Å². The van der Waals surface area contributed by atoms with Crippen molar-refractivity contribution in [2.45, 2.75) is 19.9 Å². The van der Waals surface area contributed by atoms with E-state index >= 15 is 0 Å². The van der Waals surface area contributed by atoms with Crippen LogP contribution in [0.15, 0.2) is 20.0 Å². The molecule has 9 heteroatoms. The molecule has 8 nitrogen and oxygen atoms in total. The number of rotatable bonds is 7. The number of methoxy groups -OCH3 is 1. The van der Waals surface area contributed by atoms with Crippen molar-refractivity contribution in [1.29, 1.82) is 0 Å². The van der Waals surface area contributed by atoms with E-state index in [2.05, 4.69) is 36.5 Å². The van der Waals surface area contributed by atoms with E-state index in [1.54, 1.807) is 20.2 Å². The molecule has 1 N–H and O–H groups in total. The predicted octanol–water partition coefficient (Wildman–Crippen LogP) is 0.998. The van der Waals surface area contributed by atoms with E-state index in [0.29, 0.717) is 48.0 Å². The Morgan fingerprint density at radius 3 is 3.00 bits per heavy atom. The monoisotopic (exact) mass is 357 g/mol. The first-order valence-corrected chi connectivity index (χ1v) is 7.18. The summed E-state index contributed by atoms with van der Waals surface area (Å²) in [7, 11) is 1.58. The zero-order valence-electron chi connectivity index (χ0n) is 11.8. The van der Waals surface area contributed by atoms with Crippen LogP contribution >= 0.6 is 15.9 Å². The van der Waals surface area contributed by atoms with Crippen LogP contribution in [0.1, 0.15) is 11.7 Å². The molecule has 2 aromatic heterocycles. The van der Waals surface area contributed by atoms with Crippen molar-refractivity contribution >= 4 is 21.6 Å². The summed E-state index contributed by atoms with van der Waals surface area (Å²) >= 11 is 3.29. The third kappa shape index (κ3) is 4.11. The Morgan fingerprint density at radius 2 is 2.33 bits per heavy atom. The summed E-state index contributed by atoms with van der Waals surface area (Å²) < 4.78 is 11.7. The number of aromatic nitrogens is 4. The van der Waals surface area contributed by atoms with E-state index in [-0.39, 0.29) is 5.56 Å². The van der Waals surface area contributed by atoms with Crippen molar-refractivity contribution in [2.75, 3.05) is 25.6 Å². The van der Waals surface area contributed by atoms with Crippen LogP contribution in [-0.2, 0) is 17.7 Å². The molecule has 0 saturated heterocycles. The largest absolute Gasteiger partial charge is 0.383 e. The lowest BCUT2D eigenvalue weighted by atomic mass is 10.4. The van der Waals surface area contributed by atoms with Crippen molar-refractivity contribution < 1.29 is 9.26 Å². The molecule has 0 bridgehead atoms. The lowest BCUT2D eigenvalue weighted by Gasteiger charge is -2.09. The first-order chi connectivity index (χ1) is 10.1. The van der Waals surface area contributed by atoms with Gasteiger partial charge in [-0.25, -0.2) is 4.68 Å². The van der Waals surface area contributed by atoms with Gasteiger partial charge in [0.2, 0.25) is 5.89 Å². The van der Waals surface area contributed by atoms with Gasteiger partial charge < -0.3 is 14.6 Å².